The van der Waals surface area contributed by atoms with Gasteiger partial charge in [0.25, 0.3) is 11.3 Å². The van der Waals surface area contributed by atoms with E-state index < -0.39 is 52.4 Å². The van der Waals surface area contributed by atoms with Crippen LogP contribution in [0.2, 0.25) is 5.28 Å². The Hall–Kier alpha value is -4.85. The second-order valence-electron chi connectivity index (χ2n) is 11.6. The van der Waals surface area contributed by atoms with Crippen LogP contribution < -0.4 is 5.32 Å². The van der Waals surface area contributed by atoms with Crippen LogP contribution in [0.25, 0.3) is 11.2 Å². The molecule has 1 aromatic carbocycles. The molecule has 1 aliphatic heterocycles. The maximum atomic E-state index is 13.4. The summed E-state index contributed by atoms with van der Waals surface area (Å²) in [4.78, 5) is 62.6. The maximum absolute atomic E-state index is 13.4. The third kappa shape index (κ3) is 8.16. The number of nitrogens with one attached hydrogen (secondary N) is 1. The molecule has 2 aromatic heterocycles. The van der Waals surface area contributed by atoms with Gasteiger partial charge < -0.3 is 23.7 Å². The number of aromatic nitrogens is 4. The molecule has 0 radical (unpaired) electrons. The molecule has 17 heteroatoms. The molecule has 3 heterocycles. The summed E-state index contributed by atoms with van der Waals surface area (Å²) in [6.45, 7) is 7.79. The Morgan fingerprint density at radius 3 is 2.35 bits per heavy atom. The zero-order valence-corrected chi connectivity index (χ0v) is 27.7. The zero-order valence-electron chi connectivity index (χ0n) is 26.9. The topological polar surface area (TPSA) is 196 Å². The van der Waals surface area contributed by atoms with Crippen LogP contribution in [0.1, 0.15) is 52.8 Å². The van der Waals surface area contributed by atoms with Gasteiger partial charge in [-0.15, -0.1) is 12.3 Å². The Balaban J connectivity index is 1.61. The molecular formula is C31H35ClN6O10. The average Bonchev–Trinajstić information content (AvgIpc) is 3.62. The first-order valence-corrected chi connectivity index (χ1v) is 15.3. The second kappa shape index (κ2) is 14.9. The molecule has 1 aliphatic rings. The van der Waals surface area contributed by atoms with Crippen molar-refractivity contribution in [1.82, 2.24) is 19.5 Å². The van der Waals surface area contributed by atoms with Crippen molar-refractivity contribution in [1.29, 1.82) is 0 Å². The van der Waals surface area contributed by atoms with Crippen molar-refractivity contribution in [2.24, 2.45) is 5.92 Å². The summed E-state index contributed by atoms with van der Waals surface area (Å²) in [7, 11) is 0. The minimum atomic E-state index is -2.28. The summed E-state index contributed by atoms with van der Waals surface area (Å²) in [6, 6.07) is 5.30. The first kappa shape index (κ1) is 36.0. The van der Waals surface area contributed by atoms with E-state index in [0.717, 1.165) is 0 Å². The van der Waals surface area contributed by atoms with Gasteiger partial charge in [-0.25, -0.2) is 19.4 Å². The molecule has 16 nitrogen and oxygen atoms in total. The van der Waals surface area contributed by atoms with Gasteiger partial charge in [-0.2, -0.15) is 9.97 Å². The molecular weight excluding hydrogens is 652 g/mol. The van der Waals surface area contributed by atoms with Crippen LogP contribution in [0.5, 0.6) is 0 Å². The summed E-state index contributed by atoms with van der Waals surface area (Å²) < 4.78 is 29.7. The van der Waals surface area contributed by atoms with Gasteiger partial charge >= 0.3 is 18.0 Å². The van der Waals surface area contributed by atoms with Gasteiger partial charge in [0.15, 0.2) is 17.0 Å². The number of hydrogen-bond acceptors (Lipinski definition) is 13. The summed E-state index contributed by atoms with van der Waals surface area (Å²) in [6.07, 6.45) is 4.83. The largest absolute Gasteiger partial charge is 0.463 e. The van der Waals surface area contributed by atoms with Gasteiger partial charge in [-0.3, -0.25) is 20.0 Å². The number of carbonyl (C=O) groups is 3. The number of hydrogen-bond donors (Lipinski definition) is 1. The number of nitrogens with zero attached hydrogens (tertiary/aromatic N) is 5. The number of nitro groups is 1. The second-order valence-corrected chi connectivity index (χ2v) is 11.9. The number of terminal acetylenes is 1. The van der Waals surface area contributed by atoms with Crippen molar-refractivity contribution in [2.75, 3.05) is 25.1 Å². The van der Waals surface area contributed by atoms with Gasteiger partial charge in [0.1, 0.15) is 11.8 Å². The Kier molecular flexibility index (Phi) is 11.2. The minimum absolute atomic E-state index is 0.0179. The number of halogens is 1. The number of nitro benzene ring substituents is 1. The molecule has 256 valence electrons. The van der Waals surface area contributed by atoms with E-state index in [4.69, 9.17) is 41.7 Å². The number of amides is 1. The number of carbonyl (C=O) groups excluding carboxylic acids is 3. The number of non-ortho nitro benzene ring substituents is 1. The van der Waals surface area contributed by atoms with Crippen LogP contribution in [-0.4, -0.2) is 79.6 Å². The fourth-order valence-corrected chi connectivity index (χ4v) is 5.12. The average molecular weight is 687 g/mol. The van der Waals surface area contributed by atoms with E-state index in [-0.39, 0.29) is 60.6 Å². The van der Waals surface area contributed by atoms with Crippen LogP contribution in [0.3, 0.4) is 0 Å². The van der Waals surface area contributed by atoms with Crippen LogP contribution in [0.4, 0.5) is 16.3 Å². The lowest BCUT2D eigenvalue weighted by Crippen LogP contribution is -2.54. The van der Waals surface area contributed by atoms with Crippen molar-refractivity contribution in [3.8, 4) is 12.3 Å². The van der Waals surface area contributed by atoms with E-state index in [0.29, 0.717) is 5.56 Å². The number of fused-ring (bicyclic) bond motifs is 1. The first-order chi connectivity index (χ1) is 22.7. The summed E-state index contributed by atoms with van der Waals surface area (Å²) in [5.74, 6) is 0.105. The van der Waals surface area contributed by atoms with Crippen LogP contribution in [-0.2, 0) is 39.7 Å². The SMILES string of the molecule is C#CC1CC(n2cnc3c(NC(=O)OC(C)(C)C)nc(Cl)nc32)OC1COC(Cc1ccc([N+](=O)[O-])cc1)(C(=O)OCC)C(=O)OCC. The Morgan fingerprint density at radius 2 is 1.79 bits per heavy atom. The highest BCUT2D eigenvalue weighted by molar-refractivity contribution is 6.28. The van der Waals surface area contributed by atoms with E-state index in [1.54, 1.807) is 39.2 Å². The highest BCUT2D eigenvalue weighted by Gasteiger charge is 2.52. The van der Waals surface area contributed by atoms with E-state index in [2.05, 4.69) is 26.2 Å². The fraction of sp³-hybridized carbons (Fsp3) is 0.484. The number of rotatable bonds is 12. The third-order valence-electron chi connectivity index (χ3n) is 7.08. The van der Waals surface area contributed by atoms with Crippen molar-refractivity contribution in [2.45, 2.75) is 71.0 Å². The van der Waals surface area contributed by atoms with Crippen LogP contribution in [0.15, 0.2) is 30.6 Å². The van der Waals surface area contributed by atoms with Gasteiger partial charge in [-0.1, -0.05) is 12.1 Å². The normalized spacial score (nSPS) is 17.8. The maximum Gasteiger partial charge on any atom is 0.413 e. The van der Waals surface area contributed by atoms with Crippen LogP contribution in [0, 0.1) is 28.4 Å². The number of imidazole rings is 1. The molecule has 0 spiro atoms. The predicted octanol–water partition coefficient (Wildman–Crippen LogP) is 4.40. The molecule has 48 heavy (non-hydrogen) atoms. The van der Waals surface area contributed by atoms with E-state index in [9.17, 15) is 24.5 Å². The van der Waals surface area contributed by atoms with Gasteiger partial charge in [0.05, 0.1) is 43.1 Å². The van der Waals surface area contributed by atoms with Gasteiger partial charge in [0.2, 0.25) is 5.28 Å². The molecule has 3 aromatic rings. The Bertz CT molecular complexity index is 1700. The fourth-order valence-electron chi connectivity index (χ4n) is 4.96. The molecule has 1 N–H and O–H groups in total. The van der Waals surface area contributed by atoms with Gasteiger partial charge in [-0.05, 0) is 51.8 Å². The van der Waals surface area contributed by atoms with Gasteiger partial charge in [0, 0.05) is 25.0 Å². The number of benzene rings is 1. The van der Waals surface area contributed by atoms with E-state index in [1.807, 2.05) is 0 Å². The van der Waals surface area contributed by atoms with E-state index in [1.165, 1.54) is 30.6 Å². The number of ether oxygens (including phenoxy) is 5. The Morgan fingerprint density at radius 1 is 1.15 bits per heavy atom. The zero-order chi connectivity index (χ0) is 35.2. The van der Waals surface area contributed by atoms with Crippen molar-refractivity contribution in [3.63, 3.8) is 0 Å². The molecule has 0 aliphatic carbocycles. The molecule has 3 atom stereocenters. The Labute approximate surface area is 280 Å². The standard InChI is InChI=1S/C31H35ClN6O10/c1-7-19-14-22(37-17-33-23-24(34-28(32)36-25(23)37)35-29(41)48-30(4,5)6)47-21(19)16-46-31(26(39)44-8-2,27(40)45-9-3)15-18-10-12-20(13-11-18)38(42)43/h1,10-13,17,19,21-22H,8-9,14-16H2,2-6H3,(H,34,35,36,41). The summed E-state index contributed by atoms with van der Waals surface area (Å²) in [5.41, 5.74) is -2.42. The molecule has 4 rings (SSSR count). The highest BCUT2D eigenvalue weighted by atomic mass is 35.5. The molecule has 1 fully saturated rings. The summed E-state index contributed by atoms with van der Waals surface area (Å²) >= 11 is 6.19. The molecule has 0 saturated carbocycles. The predicted molar refractivity (Wildman–Crippen MR) is 170 cm³/mol. The van der Waals surface area contributed by atoms with Crippen molar-refractivity contribution >= 4 is 52.3 Å². The lowest BCUT2D eigenvalue weighted by molar-refractivity contribution is -0.384. The van der Waals surface area contributed by atoms with Crippen molar-refractivity contribution < 1.29 is 43.0 Å². The number of esters is 2. The quantitative estimate of drug-likeness (QED) is 0.0536. The van der Waals surface area contributed by atoms with Crippen LogP contribution >= 0.6 is 11.6 Å². The lowest BCUT2D eigenvalue weighted by Gasteiger charge is -2.31. The van der Waals surface area contributed by atoms with E-state index >= 15 is 0 Å². The smallest absolute Gasteiger partial charge is 0.413 e. The first-order valence-electron chi connectivity index (χ1n) is 14.9. The molecule has 3 unspecified atom stereocenters. The molecule has 1 amide bonds. The number of anilines is 1. The highest BCUT2D eigenvalue weighted by Crippen LogP contribution is 2.37. The van der Waals surface area contributed by atoms with Crippen molar-refractivity contribution in [3.05, 3.63) is 51.6 Å². The molecule has 1 saturated heterocycles. The monoisotopic (exact) mass is 686 g/mol. The lowest BCUT2D eigenvalue weighted by atomic mass is 9.93. The minimum Gasteiger partial charge on any atom is -0.463 e. The third-order valence-corrected chi connectivity index (χ3v) is 7.25. The summed E-state index contributed by atoms with van der Waals surface area (Å²) in [5, 5.41) is 13.5. The molecule has 0 bridgehead atoms.